The van der Waals surface area contributed by atoms with Gasteiger partial charge in [0, 0.05) is 19.2 Å². The molecular formula is C18H16N4OS. The summed E-state index contributed by atoms with van der Waals surface area (Å²) in [5, 5.41) is 12.7. The van der Waals surface area contributed by atoms with Gasteiger partial charge in [0.25, 0.3) is 0 Å². The van der Waals surface area contributed by atoms with Gasteiger partial charge in [-0.1, -0.05) is 36.0 Å². The predicted octanol–water partition coefficient (Wildman–Crippen LogP) is 3.57. The van der Waals surface area contributed by atoms with E-state index in [9.17, 15) is 4.79 Å². The SMILES string of the molecule is Cn1c(SCCC(=O)Nc2ccccc2C#N)nc2ccccc21. The lowest BCUT2D eigenvalue weighted by Gasteiger charge is -2.06. The van der Waals surface area contributed by atoms with Crippen LogP contribution in [0.15, 0.2) is 53.7 Å². The number of benzene rings is 2. The Morgan fingerprint density at radius 1 is 1.25 bits per heavy atom. The third-order valence-electron chi connectivity index (χ3n) is 3.63. The van der Waals surface area contributed by atoms with Crippen LogP contribution in [0.2, 0.25) is 0 Å². The van der Waals surface area contributed by atoms with E-state index in [0.29, 0.717) is 23.4 Å². The largest absolute Gasteiger partial charge is 0.325 e. The second-order valence-electron chi connectivity index (χ2n) is 5.25. The van der Waals surface area contributed by atoms with E-state index in [4.69, 9.17) is 5.26 Å². The van der Waals surface area contributed by atoms with Crippen LogP contribution in [-0.4, -0.2) is 21.2 Å². The highest BCUT2D eigenvalue weighted by Crippen LogP contribution is 2.23. The molecule has 1 N–H and O–H groups in total. The molecular weight excluding hydrogens is 320 g/mol. The smallest absolute Gasteiger partial charge is 0.225 e. The number of anilines is 1. The molecule has 3 rings (SSSR count). The van der Waals surface area contributed by atoms with E-state index in [2.05, 4.69) is 16.4 Å². The number of fused-ring (bicyclic) bond motifs is 1. The number of aromatic nitrogens is 2. The van der Waals surface area contributed by atoms with Crippen LogP contribution in [0.3, 0.4) is 0 Å². The highest BCUT2D eigenvalue weighted by Gasteiger charge is 2.10. The summed E-state index contributed by atoms with van der Waals surface area (Å²) in [6.45, 7) is 0. The Morgan fingerprint density at radius 2 is 2.00 bits per heavy atom. The Balaban J connectivity index is 1.59. The van der Waals surface area contributed by atoms with Crippen LogP contribution in [0.5, 0.6) is 0 Å². The molecule has 0 aliphatic heterocycles. The van der Waals surface area contributed by atoms with E-state index in [-0.39, 0.29) is 5.91 Å². The van der Waals surface area contributed by atoms with Crippen LogP contribution >= 0.6 is 11.8 Å². The molecule has 5 nitrogen and oxygen atoms in total. The van der Waals surface area contributed by atoms with E-state index >= 15 is 0 Å². The molecule has 0 aliphatic rings. The number of thioether (sulfide) groups is 1. The molecule has 0 atom stereocenters. The number of hydrogen-bond donors (Lipinski definition) is 1. The van der Waals surface area contributed by atoms with Gasteiger partial charge in [-0.25, -0.2) is 4.98 Å². The minimum absolute atomic E-state index is 0.107. The molecule has 0 fully saturated rings. The van der Waals surface area contributed by atoms with Crippen molar-refractivity contribution in [2.45, 2.75) is 11.6 Å². The molecule has 0 spiro atoms. The third kappa shape index (κ3) is 3.42. The molecule has 24 heavy (non-hydrogen) atoms. The average molecular weight is 336 g/mol. The van der Waals surface area contributed by atoms with Crippen LogP contribution in [0.1, 0.15) is 12.0 Å². The second-order valence-corrected chi connectivity index (χ2v) is 6.31. The summed E-state index contributed by atoms with van der Waals surface area (Å²) in [5.41, 5.74) is 3.05. The molecule has 6 heteroatoms. The molecule has 0 bridgehead atoms. The Bertz CT molecular complexity index is 926. The van der Waals surface area contributed by atoms with Crippen LogP contribution in [-0.2, 0) is 11.8 Å². The fourth-order valence-electron chi connectivity index (χ4n) is 2.39. The summed E-state index contributed by atoms with van der Waals surface area (Å²) in [4.78, 5) is 16.6. The van der Waals surface area contributed by atoms with Crippen molar-refractivity contribution >= 4 is 34.4 Å². The molecule has 1 heterocycles. The molecule has 0 saturated heterocycles. The van der Waals surface area contributed by atoms with E-state index < -0.39 is 0 Å². The van der Waals surface area contributed by atoms with Crippen molar-refractivity contribution in [3.8, 4) is 6.07 Å². The maximum absolute atomic E-state index is 12.1. The van der Waals surface area contributed by atoms with E-state index in [1.165, 1.54) is 0 Å². The molecule has 0 radical (unpaired) electrons. The first-order valence-electron chi connectivity index (χ1n) is 7.52. The van der Waals surface area contributed by atoms with E-state index in [0.717, 1.165) is 16.2 Å². The summed E-state index contributed by atoms with van der Waals surface area (Å²) >= 11 is 1.55. The Kier molecular flexibility index (Phi) is 4.82. The van der Waals surface area contributed by atoms with Crippen LogP contribution in [0.25, 0.3) is 11.0 Å². The molecule has 120 valence electrons. The minimum atomic E-state index is -0.107. The van der Waals surface area contributed by atoms with Gasteiger partial charge in [0.1, 0.15) is 6.07 Å². The highest BCUT2D eigenvalue weighted by atomic mass is 32.2. The summed E-state index contributed by atoms with van der Waals surface area (Å²) in [7, 11) is 1.97. The first-order chi connectivity index (χ1) is 11.7. The summed E-state index contributed by atoms with van der Waals surface area (Å²) in [6, 6.07) is 17.0. The molecule has 0 unspecified atom stereocenters. The van der Waals surface area contributed by atoms with Gasteiger partial charge in [-0.2, -0.15) is 5.26 Å². The molecule has 2 aromatic carbocycles. The quantitative estimate of drug-likeness (QED) is 0.723. The zero-order chi connectivity index (χ0) is 16.9. The normalized spacial score (nSPS) is 10.5. The predicted molar refractivity (Wildman–Crippen MR) is 95.8 cm³/mol. The lowest BCUT2D eigenvalue weighted by Crippen LogP contribution is -2.13. The van der Waals surface area contributed by atoms with Gasteiger partial charge in [0.05, 0.1) is 22.3 Å². The number of imidazole rings is 1. The van der Waals surface area contributed by atoms with Crippen molar-refractivity contribution in [2.24, 2.45) is 7.05 Å². The van der Waals surface area contributed by atoms with Crippen LogP contribution < -0.4 is 5.32 Å². The van der Waals surface area contributed by atoms with E-state index in [1.54, 1.807) is 36.0 Å². The highest BCUT2D eigenvalue weighted by molar-refractivity contribution is 7.99. The number of carbonyl (C=O) groups excluding carboxylic acids is 1. The summed E-state index contributed by atoms with van der Waals surface area (Å²) in [6.07, 6.45) is 0.355. The number of para-hydroxylation sites is 3. The number of hydrogen-bond acceptors (Lipinski definition) is 4. The lowest BCUT2D eigenvalue weighted by atomic mass is 10.2. The topological polar surface area (TPSA) is 70.7 Å². The lowest BCUT2D eigenvalue weighted by molar-refractivity contribution is -0.115. The number of rotatable bonds is 5. The second kappa shape index (κ2) is 7.20. The van der Waals surface area contributed by atoms with Gasteiger partial charge < -0.3 is 9.88 Å². The van der Waals surface area contributed by atoms with Crippen molar-refractivity contribution in [2.75, 3.05) is 11.1 Å². The number of nitriles is 1. The first-order valence-corrected chi connectivity index (χ1v) is 8.51. The number of amides is 1. The van der Waals surface area contributed by atoms with Crippen molar-refractivity contribution in [3.05, 3.63) is 54.1 Å². The standard InChI is InChI=1S/C18H16N4OS/c1-22-16-9-5-4-8-15(16)21-18(22)24-11-10-17(23)20-14-7-3-2-6-13(14)12-19/h2-9H,10-11H2,1H3,(H,20,23). The maximum atomic E-state index is 12.1. The van der Waals surface area contributed by atoms with Crippen LogP contribution in [0.4, 0.5) is 5.69 Å². The fraction of sp³-hybridized carbons (Fsp3) is 0.167. The minimum Gasteiger partial charge on any atom is -0.325 e. The van der Waals surface area contributed by atoms with Gasteiger partial charge >= 0.3 is 0 Å². The molecule has 1 aromatic heterocycles. The maximum Gasteiger partial charge on any atom is 0.225 e. The number of carbonyl (C=O) groups is 1. The zero-order valence-corrected chi connectivity index (χ0v) is 14.0. The van der Waals surface area contributed by atoms with Crippen molar-refractivity contribution in [1.29, 1.82) is 5.26 Å². The molecule has 3 aromatic rings. The summed E-state index contributed by atoms with van der Waals surface area (Å²) < 4.78 is 2.03. The third-order valence-corrected chi connectivity index (χ3v) is 4.66. The van der Waals surface area contributed by atoms with Gasteiger partial charge in [-0.15, -0.1) is 0 Å². The van der Waals surface area contributed by atoms with E-state index in [1.807, 2.05) is 35.9 Å². The van der Waals surface area contributed by atoms with Crippen molar-refractivity contribution in [1.82, 2.24) is 9.55 Å². The van der Waals surface area contributed by atoms with Gasteiger partial charge in [-0.05, 0) is 24.3 Å². The van der Waals surface area contributed by atoms with Gasteiger partial charge in [0.2, 0.25) is 5.91 Å². The zero-order valence-electron chi connectivity index (χ0n) is 13.2. The number of nitrogens with zero attached hydrogens (tertiary/aromatic N) is 3. The van der Waals surface area contributed by atoms with Crippen molar-refractivity contribution < 1.29 is 4.79 Å². The fourth-order valence-corrected chi connectivity index (χ4v) is 3.31. The monoisotopic (exact) mass is 336 g/mol. The Morgan fingerprint density at radius 3 is 2.79 bits per heavy atom. The number of aryl methyl sites for hydroxylation is 1. The first kappa shape index (κ1) is 16.1. The van der Waals surface area contributed by atoms with Gasteiger partial charge in [-0.3, -0.25) is 4.79 Å². The van der Waals surface area contributed by atoms with Crippen LogP contribution in [0, 0.1) is 11.3 Å². The molecule has 0 saturated carbocycles. The molecule has 1 amide bonds. The molecule has 0 aliphatic carbocycles. The Labute approximate surface area is 144 Å². The van der Waals surface area contributed by atoms with Gasteiger partial charge in [0.15, 0.2) is 5.16 Å². The average Bonchev–Trinajstić information content (AvgIpc) is 2.92. The Hall–Kier alpha value is -2.78. The summed E-state index contributed by atoms with van der Waals surface area (Å²) in [5.74, 6) is 0.515. The van der Waals surface area contributed by atoms with Crippen molar-refractivity contribution in [3.63, 3.8) is 0 Å². The number of nitrogens with one attached hydrogen (secondary N) is 1.